The molecule has 1 N–H and O–H groups in total. The van der Waals surface area contributed by atoms with Gasteiger partial charge in [-0.25, -0.2) is 0 Å². The van der Waals surface area contributed by atoms with E-state index in [0.29, 0.717) is 6.54 Å². The minimum absolute atomic E-state index is 0.0270. The van der Waals surface area contributed by atoms with Gasteiger partial charge >= 0.3 is 0 Å². The molecule has 2 atom stereocenters. The zero-order valence-electron chi connectivity index (χ0n) is 15.0. The first-order valence-electron chi connectivity index (χ1n) is 8.46. The zero-order valence-corrected chi connectivity index (χ0v) is 15.0. The molecule has 5 nitrogen and oxygen atoms in total. The van der Waals surface area contributed by atoms with Crippen LogP contribution in [0, 0.1) is 11.8 Å². The van der Waals surface area contributed by atoms with Gasteiger partial charge in [0.25, 0.3) is 0 Å². The summed E-state index contributed by atoms with van der Waals surface area (Å²) in [5, 5.41) is 7.11. The molecule has 2 unspecified atom stereocenters. The number of piperidine rings is 1. The van der Waals surface area contributed by atoms with Crippen LogP contribution < -0.4 is 5.32 Å². The number of carbonyl (C=O) groups excluding carboxylic acids is 1. The van der Waals surface area contributed by atoms with Crippen LogP contribution >= 0.6 is 0 Å². The number of likely N-dealkylation sites (tertiary alicyclic amines) is 1. The molecular weight excluding hydrogens is 288 g/mol. The zero-order chi connectivity index (χ0) is 17.0. The second-order valence-electron chi connectivity index (χ2n) is 7.66. The van der Waals surface area contributed by atoms with Crippen molar-refractivity contribution in [1.29, 1.82) is 0 Å². The first kappa shape index (κ1) is 17.7. The monoisotopic (exact) mass is 318 g/mol. The van der Waals surface area contributed by atoms with E-state index in [9.17, 15) is 4.79 Å². The third kappa shape index (κ3) is 5.20. The van der Waals surface area contributed by atoms with Crippen LogP contribution in [0.4, 0.5) is 0 Å². The summed E-state index contributed by atoms with van der Waals surface area (Å²) in [5.41, 5.74) is 0.904. The Bertz CT molecular complexity index is 551. The largest absolute Gasteiger partial charge is 0.351 e. The molecule has 0 radical (unpaired) electrons. The molecule has 1 aliphatic rings. The molecule has 0 spiro atoms. The van der Waals surface area contributed by atoms with Gasteiger partial charge in [-0.1, -0.05) is 13.8 Å². The number of hydrogen-bond donors (Lipinski definition) is 1. The van der Waals surface area contributed by atoms with E-state index in [1.54, 1.807) is 23.0 Å². The Hall–Kier alpha value is -1.62. The van der Waals surface area contributed by atoms with Gasteiger partial charge < -0.3 is 5.32 Å². The fourth-order valence-electron chi connectivity index (χ4n) is 3.33. The first-order chi connectivity index (χ1) is 10.8. The quantitative estimate of drug-likeness (QED) is 0.848. The van der Waals surface area contributed by atoms with Gasteiger partial charge in [0, 0.05) is 50.1 Å². The molecule has 1 saturated heterocycles. The highest BCUT2D eigenvalue weighted by atomic mass is 16.1. The van der Waals surface area contributed by atoms with Crippen LogP contribution in [0.3, 0.4) is 0 Å². The van der Waals surface area contributed by atoms with Crippen LogP contribution in [0.1, 0.15) is 39.7 Å². The number of aryl methyl sites for hydroxylation is 1. The van der Waals surface area contributed by atoms with E-state index in [4.69, 9.17) is 0 Å². The number of hydrogen-bond acceptors (Lipinski definition) is 3. The summed E-state index contributed by atoms with van der Waals surface area (Å²) in [6.07, 6.45) is 8.29. The second kappa shape index (κ2) is 7.30. The number of rotatable bonds is 5. The lowest BCUT2D eigenvalue weighted by molar-refractivity contribution is -0.117. The number of amides is 1. The number of carbonyl (C=O) groups is 1. The van der Waals surface area contributed by atoms with Gasteiger partial charge in [0.1, 0.15) is 0 Å². The number of nitrogens with zero attached hydrogens (tertiary/aromatic N) is 3. The molecule has 1 amide bonds. The number of nitrogens with one attached hydrogen (secondary N) is 1. The van der Waals surface area contributed by atoms with Crippen molar-refractivity contribution in [1.82, 2.24) is 20.0 Å². The Morgan fingerprint density at radius 2 is 2.04 bits per heavy atom. The Balaban J connectivity index is 1.85. The van der Waals surface area contributed by atoms with Crippen molar-refractivity contribution in [2.75, 3.05) is 19.6 Å². The molecule has 0 saturated carbocycles. The molecule has 2 rings (SSSR count). The van der Waals surface area contributed by atoms with E-state index in [1.165, 1.54) is 6.42 Å². The van der Waals surface area contributed by atoms with E-state index in [2.05, 4.69) is 43.0 Å². The molecular formula is C18H30N4O. The predicted molar refractivity (Wildman–Crippen MR) is 93.8 cm³/mol. The van der Waals surface area contributed by atoms with Crippen LogP contribution in [0.2, 0.25) is 0 Å². The van der Waals surface area contributed by atoms with E-state index in [0.717, 1.165) is 30.5 Å². The summed E-state index contributed by atoms with van der Waals surface area (Å²) in [6, 6.07) is 0. The smallest absolute Gasteiger partial charge is 0.244 e. The lowest BCUT2D eigenvalue weighted by Crippen LogP contribution is -2.56. The SMILES string of the molecule is CC1CC(C)CN(C(C)(C)CNC(=O)C=Cc2cnn(C)c2)C1. The average Bonchev–Trinajstić information content (AvgIpc) is 2.88. The van der Waals surface area contributed by atoms with Gasteiger partial charge in [-0.2, -0.15) is 5.10 Å². The average molecular weight is 318 g/mol. The second-order valence-corrected chi connectivity index (χ2v) is 7.66. The molecule has 1 aromatic heterocycles. The molecule has 1 aliphatic heterocycles. The third-order valence-electron chi connectivity index (χ3n) is 4.57. The van der Waals surface area contributed by atoms with Gasteiger partial charge in [-0.05, 0) is 38.2 Å². The van der Waals surface area contributed by atoms with Crippen molar-refractivity contribution in [3.8, 4) is 0 Å². The van der Waals surface area contributed by atoms with Crippen molar-refractivity contribution in [3.05, 3.63) is 24.0 Å². The first-order valence-corrected chi connectivity index (χ1v) is 8.46. The molecule has 1 aromatic rings. The van der Waals surface area contributed by atoms with Crippen LogP contribution in [-0.2, 0) is 11.8 Å². The lowest BCUT2D eigenvalue weighted by Gasteiger charge is -2.45. The van der Waals surface area contributed by atoms with Crippen molar-refractivity contribution in [2.24, 2.45) is 18.9 Å². The van der Waals surface area contributed by atoms with E-state index in [1.807, 2.05) is 13.2 Å². The highest BCUT2D eigenvalue weighted by molar-refractivity contribution is 5.91. The summed E-state index contributed by atoms with van der Waals surface area (Å²) in [4.78, 5) is 14.5. The van der Waals surface area contributed by atoms with Crippen molar-refractivity contribution in [2.45, 2.75) is 39.7 Å². The number of aromatic nitrogens is 2. The summed E-state index contributed by atoms with van der Waals surface area (Å²) in [6.45, 7) is 11.9. The summed E-state index contributed by atoms with van der Waals surface area (Å²) < 4.78 is 1.72. The maximum atomic E-state index is 12.0. The highest BCUT2D eigenvalue weighted by Crippen LogP contribution is 2.26. The van der Waals surface area contributed by atoms with Crippen LogP contribution in [0.15, 0.2) is 18.5 Å². The topological polar surface area (TPSA) is 50.2 Å². The summed E-state index contributed by atoms with van der Waals surface area (Å²) in [5.74, 6) is 1.39. The third-order valence-corrected chi connectivity index (χ3v) is 4.57. The maximum Gasteiger partial charge on any atom is 0.244 e. The maximum absolute atomic E-state index is 12.0. The molecule has 0 aliphatic carbocycles. The molecule has 2 heterocycles. The normalized spacial score (nSPS) is 23.3. The fraction of sp³-hybridized carbons (Fsp3) is 0.667. The minimum atomic E-state index is -0.0555. The van der Waals surface area contributed by atoms with Crippen molar-refractivity contribution in [3.63, 3.8) is 0 Å². The predicted octanol–water partition coefficient (Wildman–Crippen LogP) is 2.31. The Morgan fingerprint density at radius 3 is 2.61 bits per heavy atom. The Labute approximate surface area is 139 Å². The molecule has 0 bridgehead atoms. The van der Waals surface area contributed by atoms with Gasteiger partial charge in [0.05, 0.1) is 6.20 Å². The van der Waals surface area contributed by atoms with E-state index >= 15 is 0 Å². The standard InChI is InChI=1S/C18H30N4O/c1-14-8-15(2)11-22(10-14)18(3,4)13-19-17(23)7-6-16-9-20-21(5)12-16/h6-7,9,12,14-15H,8,10-11,13H2,1-5H3,(H,19,23). The molecule has 0 aromatic carbocycles. The minimum Gasteiger partial charge on any atom is -0.351 e. The van der Waals surface area contributed by atoms with E-state index < -0.39 is 0 Å². The van der Waals surface area contributed by atoms with Crippen molar-refractivity contribution < 1.29 is 4.79 Å². The molecule has 128 valence electrons. The van der Waals surface area contributed by atoms with Crippen LogP contribution in [0.5, 0.6) is 0 Å². The van der Waals surface area contributed by atoms with Gasteiger partial charge in [-0.3, -0.25) is 14.4 Å². The lowest BCUT2D eigenvalue weighted by atomic mass is 9.88. The van der Waals surface area contributed by atoms with Crippen molar-refractivity contribution >= 4 is 12.0 Å². The Morgan fingerprint density at radius 1 is 1.39 bits per heavy atom. The molecule has 5 heteroatoms. The Kier molecular flexibility index (Phi) is 5.63. The summed E-state index contributed by atoms with van der Waals surface area (Å²) in [7, 11) is 1.86. The molecule has 1 fully saturated rings. The van der Waals surface area contributed by atoms with Gasteiger partial charge in [0.2, 0.25) is 5.91 Å². The van der Waals surface area contributed by atoms with Crippen LogP contribution in [0.25, 0.3) is 6.08 Å². The highest BCUT2D eigenvalue weighted by Gasteiger charge is 2.32. The van der Waals surface area contributed by atoms with E-state index in [-0.39, 0.29) is 11.4 Å². The van der Waals surface area contributed by atoms with Gasteiger partial charge in [0.15, 0.2) is 0 Å². The van der Waals surface area contributed by atoms with Crippen LogP contribution in [-0.4, -0.2) is 45.8 Å². The fourth-order valence-corrected chi connectivity index (χ4v) is 3.33. The van der Waals surface area contributed by atoms with Gasteiger partial charge in [-0.15, -0.1) is 0 Å². The molecule has 23 heavy (non-hydrogen) atoms. The summed E-state index contributed by atoms with van der Waals surface area (Å²) >= 11 is 0.